The molecule has 1 aliphatic heterocycles. The van der Waals surface area contributed by atoms with Crippen molar-refractivity contribution in [3.05, 3.63) is 30.1 Å². The summed E-state index contributed by atoms with van der Waals surface area (Å²) in [5, 5.41) is 14.1. The van der Waals surface area contributed by atoms with Crippen molar-refractivity contribution in [1.82, 2.24) is 10.2 Å². The average Bonchev–Trinajstić information content (AvgIpc) is 2.44. The first-order chi connectivity index (χ1) is 6.95. The molecule has 3 rings (SSSR count). The minimum absolute atomic E-state index is 1.02. The van der Waals surface area contributed by atoms with Crippen LogP contribution in [0.1, 0.15) is 12.1 Å². The Morgan fingerprint density at radius 2 is 2.29 bits per heavy atom. The van der Waals surface area contributed by atoms with E-state index in [1.165, 1.54) is 16.5 Å². The van der Waals surface area contributed by atoms with Crippen molar-refractivity contribution >= 4 is 16.5 Å². The molecule has 3 nitrogen and oxygen atoms in total. The number of nitrogens with zero attached hydrogens (tertiary/aromatic N) is 2. The van der Waals surface area contributed by atoms with E-state index in [1.807, 2.05) is 6.20 Å². The fourth-order valence-electron chi connectivity index (χ4n) is 2.01. The topological polar surface area (TPSA) is 37.8 Å². The number of nitrogens with one attached hydrogen (secondary N) is 1. The van der Waals surface area contributed by atoms with Crippen molar-refractivity contribution in [2.75, 3.05) is 11.9 Å². The van der Waals surface area contributed by atoms with Crippen molar-refractivity contribution in [2.45, 2.75) is 12.8 Å². The van der Waals surface area contributed by atoms with Crippen LogP contribution in [0.25, 0.3) is 10.8 Å². The van der Waals surface area contributed by atoms with E-state index in [1.54, 1.807) is 0 Å². The second-order valence-electron chi connectivity index (χ2n) is 3.59. The van der Waals surface area contributed by atoms with Crippen LogP contribution in [-0.4, -0.2) is 16.7 Å². The Balaban J connectivity index is 2.41. The summed E-state index contributed by atoms with van der Waals surface area (Å²) in [6.07, 6.45) is 3.98. The smallest absolute Gasteiger partial charge is 0.0730 e. The normalized spacial score (nSPS) is 14.9. The molecule has 14 heavy (non-hydrogen) atoms. The maximum Gasteiger partial charge on any atom is 0.0730 e. The van der Waals surface area contributed by atoms with Crippen molar-refractivity contribution in [3.8, 4) is 0 Å². The van der Waals surface area contributed by atoms with E-state index in [9.17, 15) is 0 Å². The number of rotatable bonds is 0. The van der Waals surface area contributed by atoms with Crippen LogP contribution in [0.4, 0.5) is 5.69 Å². The molecule has 0 saturated carbocycles. The first-order valence-electron chi connectivity index (χ1n) is 4.92. The van der Waals surface area contributed by atoms with Gasteiger partial charge in [-0.2, -0.15) is 10.2 Å². The van der Waals surface area contributed by atoms with Gasteiger partial charge in [-0.3, -0.25) is 0 Å². The predicted molar refractivity (Wildman–Crippen MR) is 56.3 cm³/mol. The molecule has 0 aliphatic carbocycles. The zero-order valence-electron chi connectivity index (χ0n) is 7.83. The molecule has 2 heterocycles. The maximum atomic E-state index is 4.21. The lowest BCUT2D eigenvalue weighted by atomic mass is 10.1. The van der Waals surface area contributed by atoms with Crippen molar-refractivity contribution in [1.29, 1.82) is 0 Å². The highest BCUT2D eigenvalue weighted by Crippen LogP contribution is 2.27. The van der Waals surface area contributed by atoms with Gasteiger partial charge in [-0.1, -0.05) is 12.1 Å². The number of aryl methyl sites for hydroxylation is 1. The third-order valence-corrected chi connectivity index (χ3v) is 2.67. The van der Waals surface area contributed by atoms with Crippen molar-refractivity contribution in [3.63, 3.8) is 0 Å². The van der Waals surface area contributed by atoms with Crippen molar-refractivity contribution < 1.29 is 0 Å². The summed E-state index contributed by atoms with van der Waals surface area (Å²) >= 11 is 0. The molecule has 1 aromatic heterocycles. The molecule has 0 amide bonds. The SMILES string of the molecule is c1cc2c3c(nncc3c1)CCCN2. The Morgan fingerprint density at radius 1 is 1.29 bits per heavy atom. The molecule has 0 radical (unpaired) electrons. The van der Waals surface area contributed by atoms with Gasteiger partial charge in [0.1, 0.15) is 0 Å². The fraction of sp³-hybridized carbons (Fsp3) is 0.273. The molecule has 0 unspecified atom stereocenters. The third-order valence-electron chi connectivity index (χ3n) is 2.67. The van der Waals surface area contributed by atoms with Crippen LogP contribution in [0.3, 0.4) is 0 Å². The van der Waals surface area contributed by atoms with Crippen LogP contribution in [0.15, 0.2) is 24.4 Å². The number of hydrogen-bond donors (Lipinski definition) is 1. The summed E-state index contributed by atoms with van der Waals surface area (Å²) in [6, 6.07) is 6.25. The molecular formula is C11H11N3. The van der Waals surface area contributed by atoms with Gasteiger partial charge in [0.2, 0.25) is 0 Å². The molecule has 0 bridgehead atoms. The molecule has 2 aromatic rings. The molecule has 1 aromatic carbocycles. The quantitative estimate of drug-likeness (QED) is 0.682. The zero-order valence-corrected chi connectivity index (χ0v) is 7.83. The highest BCUT2D eigenvalue weighted by atomic mass is 15.1. The second kappa shape index (κ2) is 2.94. The largest absolute Gasteiger partial charge is 0.384 e. The molecule has 0 atom stereocenters. The lowest BCUT2D eigenvalue weighted by Crippen LogP contribution is -1.98. The van der Waals surface area contributed by atoms with Gasteiger partial charge in [0.25, 0.3) is 0 Å². The van der Waals surface area contributed by atoms with Crippen LogP contribution in [0.2, 0.25) is 0 Å². The molecule has 70 valence electrons. The van der Waals surface area contributed by atoms with Gasteiger partial charge in [0, 0.05) is 23.0 Å². The van der Waals surface area contributed by atoms with E-state index < -0.39 is 0 Å². The average molecular weight is 185 g/mol. The lowest BCUT2D eigenvalue weighted by molar-refractivity contribution is 0.829. The van der Waals surface area contributed by atoms with E-state index in [4.69, 9.17) is 0 Å². The summed E-state index contributed by atoms with van der Waals surface area (Å²) in [4.78, 5) is 0. The van der Waals surface area contributed by atoms with Gasteiger partial charge < -0.3 is 5.32 Å². The van der Waals surface area contributed by atoms with Gasteiger partial charge >= 0.3 is 0 Å². The minimum Gasteiger partial charge on any atom is -0.384 e. The van der Waals surface area contributed by atoms with Crippen LogP contribution < -0.4 is 5.32 Å². The van der Waals surface area contributed by atoms with Gasteiger partial charge in [0.15, 0.2) is 0 Å². The Kier molecular flexibility index (Phi) is 1.63. The highest BCUT2D eigenvalue weighted by Gasteiger charge is 2.10. The summed E-state index contributed by atoms with van der Waals surface area (Å²) in [7, 11) is 0. The molecule has 0 saturated heterocycles. The van der Waals surface area contributed by atoms with Gasteiger partial charge in [0.05, 0.1) is 11.9 Å². The van der Waals surface area contributed by atoms with Crippen LogP contribution >= 0.6 is 0 Å². The Labute approximate surface area is 82.2 Å². The fourth-order valence-corrected chi connectivity index (χ4v) is 2.01. The summed E-state index contributed by atoms with van der Waals surface area (Å²) < 4.78 is 0. The molecule has 0 spiro atoms. The zero-order chi connectivity index (χ0) is 9.38. The van der Waals surface area contributed by atoms with Gasteiger partial charge in [-0.25, -0.2) is 0 Å². The standard InChI is InChI=1S/C11H11N3/c1-3-8-7-13-14-10-5-2-6-12-9(4-1)11(8)10/h1,3-4,7,12H,2,5-6H2. The first kappa shape index (κ1) is 7.74. The minimum atomic E-state index is 1.02. The van der Waals surface area contributed by atoms with E-state index in [2.05, 4.69) is 33.7 Å². The van der Waals surface area contributed by atoms with Gasteiger partial charge in [-0.05, 0) is 18.9 Å². The first-order valence-corrected chi connectivity index (χ1v) is 4.92. The number of aromatic nitrogens is 2. The molecule has 0 fully saturated rings. The maximum absolute atomic E-state index is 4.21. The van der Waals surface area contributed by atoms with E-state index >= 15 is 0 Å². The molecule has 1 N–H and O–H groups in total. The monoisotopic (exact) mass is 185 g/mol. The Bertz CT molecular complexity index is 438. The highest BCUT2D eigenvalue weighted by molar-refractivity contribution is 5.95. The van der Waals surface area contributed by atoms with Crippen LogP contribution in [0, 0.1) is 0 Å². The number of benzene rings is 1. The predicted octanol–water partition coefficient (Wildman–Crippen LogP) is 1.99. The van der Waals surface area contributed by atoms with Gasteiger partial charge in [-0.15, -0.1) is 0 Å². The third kappa shape index (κ3) is 1.05. The Morgan fingerprint density at radius 3 is 3.29 bits per heavy atom. The molecule has 1 aliphatic rings. The van der Waals surface area contributed by atoms with E-state index in [0.717, 1.165) is 25.1 Å². The van der Waals surface area contributed by atoms with E-state index in [0.29, 0.717) is 0 Å². The number of anilines is 1. The van der Waals surface area contributed by atoms with Crippen molar-refractivity contribution in [2.24, 2.45) is 0 Å². The second-order valence-corrected chi connectivity index (χ2v) is 3.59. The molecule has 3 heteroatoms. The summed E-state index contributed by atoms with van der Waals surface area (Å²) in [5.41, 5.74) is 2.33. The summed E-state index contributed by atoms with van der Waals surface area (Å²) in [5.74, 6) is 0. The van der Waals surface area contributed by atoms with Crippen LogP contribution in [0.5, 0.6) is 0 Å². The summed E-state index contributed by atoms with van der Waals surface area (Å²) in [6.45, 7) is 1.02. The lowest BCUT2D eigenvalue weighted by Gasteiger charge is -2.06. The van der Waals surface area contributed by atoms with Crippen LogP contribution in [-0.2, 0) is 6.42 Å². The van der Waals surface area contributed by atoms with E-state index in [-0.39, 0.29) is 0 Å². The number of hydrogen-bond acceptors (Lipinski definition) is 3. The molecular weight excluding hydrogens is 174 g/mol. The Hall–Kier alpha value is -1.64.